The molecule has 0 aliphatic carbocycles. The second-order valence-corrected chi connectivity index (χ2v) is 7.04. The Bertz CT molecular complexity index is 787. The number of hydrogen-bond acceptors (Lipinski definition) is 2. The van der Waals surface area contributed by atoms with Gasteiger partial charge in [-0.25, -0.2) is 4.39 Å². The zero-order valence-corrected chi connectivity index (χ0v) is 16.3. The number of aryl methyl sites for hydroxylation is 1. The van der Waals surface area contributed by atoms with E-state index in [0.717, 1.165) is 11.1 Å². The molecular weight excluding hydrogens is 343 g/mol. The maximum Gasteiger partial charge on any atom is 0.251 e. The highest BCUT2D eigenvalue weighted by Gasteiger charge is 2.28. The topological polar surface area (TPSA) is 49.4 Å². The van der Waals surface area contributed by atoms with Crippen LogP contribution in [0.25, 0.3) is 0 Å². The third kappa shape index (κ3) is 5.64. The molecule has 4 nitrogen and oxygen atoms in total. The van der Waals surface area contributed by atoms with E-state index in [1.807, 2.05) is 39.8 Å². The zero-order chi connectivity index (χ0) is 20.0. The summed E-state index contributed by atoms with van der Waals surface area (Å²) in [5, 5.41) is 2.86. The molecule has 0 saturated carbocycles. The molecule has 2 amide bonds. The molecule has 0 spiro atoms. The lowest BCUT2D eigenvalue weighted by molar-refractivity contribution is -0.134. The summed E-state index contributed by atoms with van der Waals surface area (Å²) in [4.78, 5) is 27.2. The van der Waals surface area contributed by atoms with Crippen molar-refractivity contribution in [1.29, 1.82) is 0 Å². The summed E-state index contributed by atoms with van der Waals surface area (Å²) in [6.07, 6.45) is 0. The van der Waals surface area contributed by atoms with Gasteiger partial charge in [0.05, 0.1) is 0 Å². The normalized spacial score (nSPS) is 11.9. The standard InChI is InChI=1S/C22H27FN2O2/c1-5-25(14-17-7-6-8-19(23)13-17)22(27)20(15(2)3)24-21(26)18-11-9-16(4)10-12-18/h6-13,15,20H,5,14H2,1-4H3,(H,24,26). The Morgan fingerprint density at radius 3 is 2.33 bits per heavy atom. The van der Waals surface area contributed by atoms with Crippen molar-refractivity contribution in [3.63, 3.8) is 0 Å². The minimum atomic E-state index is -0.646. The van der Waals surface area contributed by atoms with E-state index in [1.54, 1.807) is 29.2 Å². The van der Waals surface area contributed by atoms with Crippen LogP contribution in [-0.4, -0.2) is 29.3 Å². The fourth-order valence-corrected chi connectivity index (χ4v) is 2.84. The molecule has 0 heterocycles. The molecule has 2 aromatic rings. The number of hydrogen-bond donors (Lipinski definition) is 1. The number of carbonyl (C=O) groups excluding carboxylic acids is 2. The highest BCUT2D eigenvalue weighted by Crippen LogP contribution is 2.13. The van der Waals surface area contributed by atoms with Crippen LogP contribution in [0.4, 0.5) is 4.39 Å². The predicted molar refractivity (Wildman–Crippen MR) is 105 cm³/mol. The van der Waals surface area contributed by atoms with Crippen molar-refractivity contribution < 1.29 is 14.0 Å². The van der Waals surface area contributed by atoms with Crippen LogP contribution >= 0.6 is 0 Å². The monoisotopic (exact) mass is 370 g/mol. The van der Waals surface area contributed by atoms with Gasteiger partial charge in [0, 0.05) is 18.7 Å². The molecule has 0 radical (unpaired) electrons. The molecule has 1 N–H and O–H groups in total. The van der Waals surface area contributed by atoms with Crippen LogP contribution in [0.15, 0.2) is 48.5 Å². The first-order chi connectivity index (χ1) is 12.8. The maximum absolute atomic E-state index is 13.4. The van der Waals surface area contributed by atoms with Crippen LogP contribution in [0.5, 0.6) is 0 Å². The number of halogens is 1. The van der Waals surface area contributed by atoms with Gasteiger partial charge >= 0.3 is 0 Å². The van der Waals surface area contributed by atoms with Crippen molar-refractivity contribution >= 4 is 11.8 Å². The molecule has 0 aliphatic rings. The number of benzene rings is 2. The van der Waals surface area contributed by atoms with Crippen LogP contribution in [0, 0.1) is 18.7 Å². The molecule has 144 valence electrons. The Labute approximate surface area is 160 Å². The first kappa shape index (κ1) is 20.6. The molecule has 0 bridgehead atoms. The SMILES string of the molecule is CCN(Cc1cccc(F)c1)C(=O)C(NC(=O)c1ccc(C)cc1)C(C)C. The summed E-state index contributed by atoms with van der Waals surface area (Å²) in [5.41, 5.74) is 2.31. The Kier molecular flexibility index (Phi) is 7.11. The summed E-state index contributed by atoms with van der Waals surface area (Å²) in [5.74, 6) is -0.848. The van der Waals surface area contributed by atoms with Crippen molar-refractivity contribution in [3.05, 3.63) is 71.0 Å². The summed E-state index contributed by atoms with van der Waals surface area (Å²) < 4.78 is 13.4. The van der Waals surface area contributed by atoms with Gasteiger partial charge in [-0.15, -0.1) is 0 Å². The van der Waals surface area contributed by atoms with Gasteiger partial charge in [0.15, 0.2) is 0 Å². The molecule has 5 heteroatoms. The lowest BCUT2D eigenvalue weighted by atomic mass is 10.0. The Morgan fingerprint density at radius 2 is 1.78 bits per heavy atom. The van der Waals surface area contributed by atoms with E-state index < -0.39 is 6.04 Å². The van der Waals surface area contributed by atoms with Crippen molar-refractivity contribution in [2.45, 2.75) is 40.3 Å². The first-order valence-electron chi connectivity index (χ1n) is 9.22. The van der Waals surface area contributed by atoms with Crippen LogP contribution in [0.1, 0.15) is 42.3 Å². The van der Waals surface area contributed by atoms with Gasteiger partial charge in [-0.2, -0.15) is 0 Å². The first-order valence-corrected chi connectivity index (χ1v) is 9.22. The predicted octanol–water partition coefficient (Wildman–Crippen LogP) is 3.94. The Balaban J connectivity index is 2.14. The van der Waals surface area contributed by atoms with Crippen molar-refractivity contribution in [2.75, 3.05) is 6.54 Å². The molecule has 0 aromatic heterocycles. The number of likely N-dealkylation sites (N-methyl/N-ethyl adjacent to an activating group) is 1. The molecule has 0 saturated heterocycles. The number of rotatable bonds is 7. The quantitative estimate of drug-likeness (QED) is 0.803. The minimum absolute atomic E-state index is 0.0755. The zero-order valence-electron chi connectivity index (χ0n) is 16.3. The fraction of sp³-hybridized carbons (Fsp3) is 0.364. The Hall–Kier alpha value is -2.69. The van der Waals surface area contributed by atoms with Crippen molar-refractivity contribution in [1.82, 2.24) is 10.2 Å². The number of nitrogens with zero attached hydrogens (tertiary/aromatic N) is 1. The second-order valence-electron chi connectivity index (χ2n) is 7.04. The average Bonchev–Trinajstić information content (AvgIpc) is 2.63. The van der Waals surface area contributed by atoms with E-state index in [2.05, 4.69) is 5.32 Å². The third-order valence-corrected chi connectivity index (χ3v) is 4.49. The van der Waals surface area contributed by atoms with Gasteiger partial charge in [-0.1, -0.05) is 43.7 Å². The van der Waals surface area contributed by atoms with Gasteiger partial charge in [-0.3, -0.25) is 9.59 Å². The molecule has 2 aromatic carbocycles. The van der Waals surface area contributed by atoms with Gasteiger partial charge in [0.25, 0.3) is 5.91 Å². The highest BCUT2D eigenvalue weighted by molar-refractivity contribution is 5.97. The van der Waals surface area contributed by atoms with Gasteiger partial charge < -0.3 is 10.2 Å². The van der Waals surface area contributed by atoms with Crippen molar-refractivity contribution in [3.8, 4) is 0 Å². The molecule has 1 unspecified atom stereocenters. The summed E-state index contributed by atoms with van der Waals surface area (Å²) in [6.45, 7) is 8.39. The van der Waals surface area contributed by atoms with Crippen LogP contribution in [0.3, 0.4) is 0 Å². The number of carbonyl (C=O) groups is 2. The smallest absolute Gasteiger partial charge is 0.251 e. The van der Waals surface area contributed by atoms with E-state index >= 15 is 0 Å². The average molecular weight is 370 g/mol. The van der Waals surface area contributed by atoms with E-state index in [-0.39, 0.29) is 23.5 Å². The fourth-order valence-electron chi connectivity index (χ4n) is 2.84. The number of amides is 2. The third-order valence-electron chi connectivity index (χ3n) is 4.49. The maximum atomic E-state index is 13.4. The van der Waals surface area contributed by atoms with Gasteiger partial charge in [0.1, 0.15) is 11.9 Å². The molecule has 1 atom stereocenters. The molecule has 27 heavy (non-hydrogen) atoms. The van der Waals surface area contributed by atoms with E-state index in [9.17, 15) is 14.0 Å². The molecular formula is C22H27FN2O2. The summed E-state index contributed by atoms with van der Waals surface area (Å²) in [6, 6.07) is 12.8. The largest absolute Gasteiger partial charge is 0.340 e. The van der Waals surface area contributed by atoms with E-state index in [0.29, 0.717) is 18.7 Å². The van der Waals surface area contributed by atoms with Gasteiger partial charge in [-0.05, 0) is 49.6 Å². The van der Waals surface area contributed by atoms with E-state index in [4.69, 9.17) is 0 Å². The van der Waals surface area contributed by atoms with Crippen LogP contribution < -0.4 is 5.32 Å². The minimum Gasteiger partial charge on any atom is -0.340 e. The lowest BCUT2D eigenvalue weighted by Gasteiger charge is -2.29. The molecule has 0 fully saturated rings. The van der Waals surface area contributed by atoms with Crippen LogP contribution in [0.2, 0.25) is 0 Å². The number of nitrogens with one attached hydrogen (secondary N) is 1. The summed E-state index contributed by atoms with van der Waals surface area (Å²) in [7, 11) is 0. The summed E-state index contributed by atoms with van der Waals surface area (Å²) >= 11 is 0. The van der Waals surface area contributed by atoms with Gasteiger partial charge in [0.2, 0.25) is 5.91 Å². The molecule has 2 rings (SSSR count). The van der Waals surface area contributed by atoms with E-state index in [1.165, 1.54) is 12.1 Å². The Morgan fingerprint density at radius 1 is 1.11 bits per heavy atom. The molecule has 0 aliphatic heterocycles. The lowest BCUT2D eigenvalue weighted by Crippen LogP contribution is -2.51. The highest BCUT2D eigenvalue weighted by atomic mass is 19.1. The van der Waals surface area contributed by atoms with Crippen molar-refractivity contribution in [2.24, 2.45) is 5.92 Å². The second kappa shape index (κ2) is 9.31. The van der Waals surface area contributed by atoms with Crippen LogP contribution in [-0.2, 0) is 11.3 Å².